The van der Waals surface area contributed by atoms with Gasteiger partial charge in [-0.05, 0) is 94.0 Å². The zero-order chi connectivity index (χ0) is 39.5. The summed E-state index contributed by atoms with van der Waals surface area (Å²) < 4.78 is 2.25. The molecule has 0 atom stereocenters. The molecule has 0 N–H and O–H groups in total. The average Bonchev–Trinajstić information content (AvgIpc) is 3.74. The van der Waals surface area contributed by atoms with E-state index in [0.717, 1.165) is 61.1 Å². The molecule has 5 heteroatoms. The summed E-state index contributed by atoms with van der Waals surface area (Å²) in [6.45, 7) is 4.67. The Morgan fingerprint density at radius 2 is 0.915 bits per heavy atom. The highest BCUT2D eigenvalue weighted by Gasteiger charge is 2.36. The molecule has 0 radical (unpaired) electrons. The summed E-state index contributed by atoms with van der Waals surface area (Å²) >= 11 is 0. The van der Waals surface area contributed by atoms with Crippen LogP contribution in [0.5, 0.6) is 0 Å². The highest BCUT2D eigenvalue weighted by Crippen LogP contribution is 2.51. The van der Waals surface area contributed by atoms with Gasteiger partial charge in [-0.25, -0.2) is 4.98 Å². The third-order valence-corrected chi connectivity index (χ3v) is 11.8. The Bertz CT molecular complexity index is 3080. The maximum atomic E-state index is 5.25. The molecule has 0 bridgehead atoms. The van der Waals surface area contributed by atoms with Crippen molar-refractivity contribution in [1.29, 1.82) is 0 Å². The molecule has 1 aliphatic rings. The molecule has 59 heavy (non-hydrogen) atoms. The van der Waals surface area contributed by atoms with Crippen molar-refractivity contribution in [2.24, 2.45) is 0 Å². The summed E-state index contributed by atoms with van der Waals surface area (Å²) in [6, 6.07) is 70.8. The summed E-state index contributed by atoms with van der Waals surface area (Å²) in [5, 5.41) is 2.29. The standard InChI is InChI=1S/C54H39N5/c1-54(2)47-29-16-15-28-43(47)44-34-46-45-33-39(38-22-17-27-42(32-38)58(40-23-11-5-12-24-40)41-25-13-6-14-26-41)30-31-49(45)59(50(46)35-48(44)54)53-56-51(36-18-7-3-8-19-36)55-52(57-53)37-20-9-4-10-21-37/h3-35H,1-2H3. The molecule has 10 aromatic rings. The summed E-state index contributed by atoms with van der Waals surface area (Å²) in [6.07, 6.45) is 0. The third kappa shape index (κ3) is 5.81. The molecule has 0 unspecified atom stereocenters. The van der Waals surface area contributed by atoms with Crippen molar-refractivity contribution in [1.82, 2.24) is 19.5 Å². The predicted molar refractivity (Wildman–Crippen MR) is 243 cm³/mol. The van der Waals surface area contributed by atoms with Crippen molar-refractivity contribution in [2.45, 2.75) is 19.3 Å². The lowest BCUT2D eigenvalue weighted by atomic mass is 9.82. The lowest BCUT2D eigenvalue weighted by molar-refractivity contribution is 0.661. The first-order chi connectivity index (χ1) is 29.0. The molecule has 11 rings (SSSR count). The van der Waals surface area contributed by atoms with Gasteiger partial charge >= 0.3 is 0 Å². The van der Waals surface area contributed by atoms with Crippen LogP contribution in [0.15, 0.2) is 200 Å². The van der Waals surface area contributed by atoms with Crippen LogP contribution in [0, 0.1) is 0 Å². The molecule has 0 saturated heterocycles. The van der Waals surface area contributed by atoms with E-state index in [1.807, 2.05) is 36.4 Å². The highest BCUT2D eigenvalue weighted by atomic mass is 15.2. The second-order valence-corrected chi connectivity index (χ2v) is 15.7. The average molecular weight is 758 g/mol. The molecule has 0 fully saturated rings. The van der Waals surface area contributed by atoms with Gasteiger partial charge in [0.15, 0.2) is 11.6 Å². The molecule has 5 nitrogen and oxygen atoms in total. The number of fused-ring (bicyclic) bond motifs is 6. The van der Waals surface area contributed by atoms with E-state index in [4.69, 9.17) is 15.0 Å². The molecule has 8 aromatic carbocycles. The van der Waals surface area contributed by atoms with Crippen LogP contribution in [0.3, 0.4) is 0 Å². The lowest BCUT2D eigenvalue weighted by Gasteiger charge is -2.25. The summed E-state index contributed by atoms with van der Waals surface area (Å²) in [4.78, 5) is 17.8. The second kappa shape index (κ2) is 13.8. The fraction of sp³-hybridized carbons (Fsp3) is 0.0556. The van der Waals surface area contributed by atoms with Crippen LogP contribution in [0.1, 0.15) is 25.0 Å². The van der Waals surface area contributed by atoms with E-state index in [2.05, 4.69) is 187 Å². The first kappa shape index (κ1) is 34.6. The number of hydrogen-bond acceptors (Lipinski definition) is 4. The minimum atomic E-state index is -0.181. The van der Waals surface area contributed by atoms with Gasteiger partial charge in [0.1, 0.15) is 0 Å². The van der Waals surface area contributed by atoms with Gasteiger partial charge in [0.2, 0.25) is 5.95 Å². The third-order valence-electron chi connectivity index (χ3n) is 11.8. The Hall–Kier alpha value is -7.63. The lowest BCUT2D eigenvalue weighted by Crippen LogP contribution is -2.15. The minimum absolute atomic E-state index is 0.181. The van der Waals surface area contributed by atoms with Crippen LogP contribution in [0.2, 0.25) is 0 Å². The number of nitrogens with zero attached hydrogens (tertiary/aromatic N) is 5. The number of para-hydroxylation sites is 2. The van der Waals surface area contributed by atoms with Crippen molar-refractivity contribution >= 4 is 38.9 Å². The first-order valence-corrected chi connectivity index (χ1v) is 20.1. The predicted octanol–water partition coefficient (Wildman–Crippen LogP) is 13.7. The van der Waals surface area contributed by atoms with Crippen molar-refractivity contribution in [3.8, 4) is 51.0 Å². The molecule has 0 amide bonds. The van der Waals surface area contributed by atoms with E-state index in [1.165, 1.54) is 22.3 Å². The van der Waals surface area contributed by atoms with Crippen LogP contribution >= 0.6 is 0 Å². The zero-order valence-electron chi connectivity index (χ0n) is 32.8. The van der Waals surface area contributed by atoms with Crippen molar-refractivity contribution < 1.29 is 0 Å². The van der Waals surface area contributed by atoms with Gasteiger partial charge in [-0.3, -0.25) is 4.57 Å². The van der Waals surface area contributed by atoms with E-state index in [-0.39, 0.29) is 5.41 Å². The Morgan fingerprint density at radius 3 is 1.56 bits per heavy atom. The maximum absolute atomic E-state index is 5.25. The van der Waals surface area contributed by atoms with Gasteiger partial charge in [-0.15, -0.1) is 0 Å². The van der Waals surface area contributed by atoms with Gasteiger partial charge in [-0.2, -0.15) is 9.97 Å². The minimum Gasteiger partial charge on any atom is -0.310 e. The van der Waals surface area contributed by atoms with E-state index in [1.54, 1.807) is 0 Å². The van der Waals surface area contributed by atoms with Gasteiger partial charge in [0.05, 0.1) is 11.0 Å². The van der Waals surface area contributed by atoms with Crippen molar-refractivity contribution in [3.05, 3.63) is 211 Å². The summed E-state index contributed by atoms with van der Waals surface area (Å²) in [5.41, 5.74) is 14.6. The summed E-state index contributed by atoms with van der Waals surface area (Å²) in [5.74, 6) is 1.85. The molecule has 280 valence electrons. The van der Waals surface area contributed by atoms with Gasteiger partial charge in [0.25, 0.3) is 0 Å². The van der Waals surface area contributed by atoms with Crippen LogP contribution < -0.4 is 4.90 Å². The number of rotatable bonds is 7. The first-order valence-electron chi connectivity index (χ1n) is 20.1. The Morgan fingerprint density at radius 1 is 0.390 bits per heavy atom. The number of aromatic nitrogens is 4. The quantitative estimate of drug-likeness (QED) is 0.162. The van der Waals surface area contributed by atoms with Crippen LogP contribution in [0.25, 0.3) is 72.8 Å². The molecule has 2 heterocycles. The van der Waals surface area contributed by atoms with E-state index in [0.29, 0.717) is 17.6 Å². The largest absolute Gasteiger partial charge is 0.310 e. The molecule has 0 spiro atoms. The van der Waals surface area contributed by atoms with Gasteiger partial charge < -0.3 is 4.90 Å². The molecule has 1 aliphatic carbocycles. The number of benzene rings is 8. The van der Waals surface area contributed by atoms with Gasteiger partial charge in [-0.1, -0.05) is 153 Å². The van der Waals surface area contributed by atoms with E-state index >= 15 is 0 Å². The molecule has 2 aromatic heterocycles. The van der Waals surface area contributed by atoms with E-state index < -0.39 is 0 Å². The number of hydrogen-bond donors (Lipinski definition) is 0. The monoisotopic (exact) mass is 757 g/mol. The fourth-order valence-corrected chi connectivity index (χ4v) is 8.93. The van der Waals surface area contributed by atoms with Crippen LogP contribution in [0.4, 0.5) is 17.1 Å². The highest BCUT2D eigenvalue weighted by molar-refractivity contribution is 6.12. The van der Waals surface area contributed by atoms with Crippen molar-refractivity contribution in [2.75, 3.05) is 4.90 Å². The zero-order valence-corrected chi connectivity index (χ0v) is 32.8. The second-order valence-electron chi connectivity index (χ2n) is 15.7. The van der Waals surface area contributed by atoms with Crippen LogP contribution in [-0.4, -0.2) is 19.5 Å². The SMILES string of the molecule is CC1(C)c2ccccc2-c2cc3c4cc(-c5cccc(N(c6ccccc6)c6ccccc6)c5)ccc4n(-c4nc(-c5ccccc5)nc(-c5ccccc5)n4)c3cc21. The Kier molecular flexibility index (Phi) is 8.09. The van der Waals surface area contributed by atoms with Gasteiger partial charge in [0, 0.05) is 44.4 Å². The van der Waals surface area contributed by atoms with Crippen LogP contribution in [-0.2, 0) is 5.41 Å². The maximum Gasteiger partial charge on any atom is 0.238 e. The Labute approximate surface area is 343 Å². The smallest absolute Gasteiger partial charge is 0.238 e. The normalized spacial score (nSPS) is 12.7. The summed E-state index contributed by atoms with van der Waals surface area (Å²) in [7, 11) is 0. The topological polar surface area (TPSA) is 46.8 Å². The molecular formula is C54H39N5. The van der Waals surface area contributed by atoms with E-state index in [9.17, 15) is 0 Å². The Balaban J connectivity index is 1.15. The van der Waals surface area contributed by atoms with Crippen molar-refractivity contribution in [3.63, 3.8) is 0 Å². The molecule has 0 saturated carbocycles. The molecular weight excluding hydrogens is 719 g/mol. The number of anilines is 3. The fourth-order valence-electron chi connectivity index (χ4n) is 8.93. The molecule has 0 aliphatic heterocycles.